The van der Waals surface area contributed by atoms with E-state index in [4.69, 9.17) is 0 Å². The Morgan fingerprint density at radius 3 is 2.28 bits per heavy atom. The minimum Gasteiger partial charge on any atom is -0.310 e. The summed E-state index contributed by atoms with van der Waals surface area (Å²) in [6.07, 6.45) is -5.64. The van der Waals surface area contributed by atoms with E-state index in [2.05, 4.69) is 15.5 Å². The average Bonchev–Trinajstić information content (AvgIpc) is 2.64. The summed E-state index contributed by atoms with van der Waals surface area (Å²) in [7, 11) is 0. The summed E-state index contributed by atoms with van der Waals surface area (Å²) in [5, 5.41) is 7.90. The van der Waals surface area contributed by atoms with E-state index in [9.17, 15) is 22.0 Å². The zero-order valence-corrected chi connectivity index (χ0v) is 10.5. The molecular formula is C9H12F5N3S. The van der Waals surface area contributed by atoms with Gasteiger partial charge in [0.1, 0.15) is 5.01 Å². The molecule has 0 bridgehead atoms. The van der Waals surface area contributed by atoms with Gasteiger partial charge in [0.05, 0.1) is 0 Å². The largest absolute Gasteiger partial charge is 0.460 e. The van der Waals surface area contributed by atoms with Crippen LogP contribution in [-0.4, -0.2) is 22.9 Å². The number of nitrogens with one attached hydrogen (secondary N) is 1. The summed E-state index contributed by atoms with van der Waals surface area (Å²) < 4.78 is 62.0. The summed E-state index contributed by atoms with van der Waals surface area (Å²) >= 11 is 0.264. The summed E-state index contributed by atoms with van der Waals surface area (Å²) in [5.41, 5.74) is 0. The SMILES string of the molecule is CC(C)CNCc1nnc(C(F)(F)C(F)(F)F)s1. The first-order valence-electron chi connectivity index (χ1n) is 5.12. The Morgan fingerprint density at radius 2 is 1.78 bits per heavy atom. The minimum atomic E-state index is -5.64. The summed E-state index contributed by atoms with van der Waals surface area (Å²) in [5.74, 6) is -4.60. The molecule has 0 radical (unpaired) electrons. The third-order valence-corrected chi connectivity index (χ3v) is 2.91. The highest BCUT2D eigenvalue weighted by Crippen LogP contribution is 2.44. The molecule has 0 unspecified atom stereocenters. The van der Waals surface area contributed by atoms with Crippen molar-refractivity contribution in [2.24, 2.45) is 5.92 Å². The predicted molar refractivity (Wildman–Crippen MR) is 56.4 cm³/mol. The van der Waals surface area contributed by atoms with Gasteiger partial charge in [0, 0.05) is 6.54 Å². The van der Waals surface area contributed by atoms with E-state index in [1.165, 1.54) is 0 Å². The van der Waals surface area contributed by atoms with Crippen molar-refractivity contribution in [2.75, 3.05) is 6.54 Å². The van der Waals surface area contributed by atoms with Gasteiger partial charge in [-0.3, -0.25) is 0 Å². The molecule has 0 fully saturated rings. The van der Waals surface area contributed by atoms with Crippen molar-refractivity contribution in [3.8, 4) is 0 Å². The van der Waals surface area contributed by atoms with Crippen LogP contribution in [0.5, 0.6) is 0 Å². The van der Waals surface area contributed by atoms with Crippen LogP contribution in [0.1, 0.15) is 23.9 Å². The molecule has 0 amide bonds. The van der Waals surface area contributed by atoms with Crippen molar-refractivity contribution in [2.45, 2.75) is 32.5 Å². The lowest BCUT2D eigenvalue weighted by Crippen LogP contribution is -2.33. The standard InChI is InChI=1S/C9H12F5N3S/c1-5(2)3-15-4-6-16-17-7(18-6)8(10,11)9(12,13)14/h5,15H,3-4H2,1-2H3. The summed E-state index contributed by atoms with van der Waals surface area (Å²) in [6.45, 7) is 4.63. The molecule has 1 aromatic rings. The molecule has 0 saturated heterocycles. The van der Waals surface area contributed by atoms with Gasteiger partial charge < -0.3 is 5.32 Å². The fraction of sp³-hybridized carbons (Fsp3) is 0.778. The molecule has 0 saturated carbocycles. The normalized spacial score (nSPS) is 13.3. The molecule has 0 aliphatic carbocycles. The second-order valence-corrected chi connectivity index (χ2v) is 5.16. The Morgan fingerprint density at radius 1 is 1.17 bits per heavy atom. The van der Waals surface area contributed by atoms with Gasteiger partial charge in [0.2, 0.25) is 0 Å². The third-order valence-electron chi connectivity index (χ3n) is 1.92. The van der Waals surface area contributed by atoms with E-state index in [0.29, 0.717) is 12.5 Å². The predicted octanol–water partition coefficient (Wildman–Crippen LogP) is 2.94. The fourth-order valence-electron chi connectivity index (χ4n) is 1.04. The van der Waals surface area contributed by atoms with Crippen LogP contribution in [0.4, 0.5) is 22.0 Å². The first kappa shape index (κ1) is 15.2. The van der Waals surface area contributed by atoms with Crippen molar-refractivity contribution in [1.82, 2.24) is 15.5 Å². The van der Waals surface area contributed by atoms with Gasteiger partial charge in [0.15, 0.2) is 5.01 Å². The lowest BCUT2D eigenvalue weighted by Gasteiger charge is -2.15. The number of alkyl halides is 5. The van der Waals surface area contributed by atoms with Gasteiger partial charge in [-0.15, -0.1) is 10.2 Å². The Labute approximate surface area is 104 Å². The molecule has 0 spiro atoms. The zero-order valence-electron chi connectivity index (χ0n) is 9.68. The van der Waals surface area contributed by atoms with Crippen LogP contribution in [0.25, 0.3) is 0 Å². The molecular weight excluding hydrogens is 277 g/mol. The highest BCUT2D eigenvalue weighted by atomic mass is 32.1. The van der Waals surface area contributed by atoms with Gasteiger partial charge >= 0.3 is 12.1 Å². The summed E-state index contributed by atoms with van der Waals surface area (Å²) in [6, 6.07) is 0. The maximum Gasteiger partial charge on any atom is 0.460 e. The van der Waals surface area contributed by atoms with Gasteiger partial charge in [-0.2, -0.15) is 22.0 Å². The van der Waals surface area contributed by atoms with Gasteiger partial charge in [-0.1, -0.05) is 25.2 Å². The van der Waals surface area contributed by atoms with Crippen LogP contribution in [0, 0.1) is 5.92 Å². The van der Waals surface area contributed by atoms with Crippen molar-refractivity contribution in [3.05, 3.63) is 10.0 Å². The monoisotopic (exact) mass is 289 g/mol. The molecule has 1 aromatic heterocycles. The molecule has 1 rings (SSSR count). The number of nitrogens with zero attached hydrogens (tertiary/aromatic N) is 2. The number of aromatic nitrogens is 2. The van der Waals surface area contributed by atoms with Gasteiger partial charge in [-0.25, -0.2) is 0 Å². The molecule has 0 aromatic carbocycles. The van der Waals surface area contributed by atoms with Crippen LogP contribution in [0.2, 0.25) is 0 Å². The number of rotatable bonds is 5. The minimum absolute atomic E-state index is 0.106. The molecule has 0 aliphatic heterocycles. The maximum absolute atomic E-state index is 12.9. The topological polar surface area (TPSA) is 37.8 Å². The van der Waals surface area contributed by atoms with Gasteiger partial charge in [-0.05, 0) is 12.5 Å². The van der Waals surface area contributed by atoms with Crippen LogP contribution in [0.3, 0.4) is 0 Å². The number of hydrogen-bond donors (Lipinski definition) is 1. The fourth-order valence-corrected chi connectivity index (χ4v) is 1.85. The van der Waals surface area contributed by atoms with Crippen LogP contribution in [0.15, 0.2) is 0 Å². The average molecular weight is 289 g/mol. The van der Waals surface area contributed by atoms with E-state index < -0.39 is 17.1 Å². The van der Waals surface area contributed by atoms with Crippen molar-refractivity contribution in [3.63, 3.8) is 0 Å². The lowest BCUT2D eigenvalue weighted by molar-refractivity contribution is -0.289. The molecule has 104 valence electrons. The number of halogens is 5. The van der Waals surface area contributed by atoms with Crippen molar-refractivity contribution < 1.29 is 22.0 Å². The second kappa shape index (κ2) is 5.43. The van der Waals surface area contributed by atoms with Gasteiger partial charge in [0.25, 0.3) is 0 Å². The van der Waals surface area contributed by atoms with E-state index in [0.717, 1.165) is 0 Å². The van der Waals surface area contributed by atoms with Crippen molar-refractivity contribution >= 4 is 11.3 Å². The number of hydrogen-bond acceptors (Lipinski definition) is 4. The summed E-state index contributed by atoms with van der Waals surface area (Å²) in [4.78, 5) is 0. The Hall–Kier alpha value is -0.830. The van der Waals surface area contributed by atoms with E-state index in [-0.39, 0.29) is 22.9 Å². The second-order valence-electron chi connectivity index (χ2n) is 4.10. The molecule has 9 heteroatoms. The molecule has 0 atom stereocenters. The highest BCUT2D eigenvalue weighted by molar-refractivity contribution is 7.11. The van der Waals surface area contributed by atoms with Crippen LogP contribution in [-0.2, 0) is 12.5 Å². The third kappa shape index (κ3) is 3.58. The molecule has 3 nitrogen and oxygen atoms in total. The smallest absolute Gasteiger partial charge is 0.310 e. The Kier molecular flexibility index (Phi) is 4.60. The maximum atomic E-state index is 12.9. The first-order chi connectivity index (χ1) is 8.14. The first-order valence-corrected chi connectivity index (χ1v) is 5.94. The quantitative estimate of drug-likeness (QED) is 0.847. The lowest BCUT2D eigenvalue weighted by atomic mass is 10.2. The van der Waals surface area contributed by atoms with Crippen LogP contribution >= 0.6 is 11.3 Å². The Balaban J connectivity index is 2.69. The van der Waals surface area contributed by atoms with E-state index >= 15 is 0 Å². The van der Waals surface area contributed by atoms with E-state index in [1.54, 1.807) is 0 Å². The van der Waals surface area contributed by atoms with Crippen LogP contribution < -0.4 is 5.32 Å². The zero-order chi connectivity index (χ0) is 14.0. The molecule has 1 N–H and O–H groups in total. The van der Waals surface area contributed by atoms with Crippen molar-refractivity contribution in [1.29, 1.82) is 0 Å². The Bertz CT molecular complexity index is 388. The highest BCUT2D eigenvalue weighted by Gasteiger charge is 2.61. The molecule has 1 heterocycles. The molecule has 0 aliphatic rings. The molecule has 18 heavy (non-hydrogen) atoms. The van der Waals surface area contributed by atoms with E-state index in [1.807, 2.05) is 13.8 Å².